The lowest BCUT2D eigenvalue weighted by Crippen LogP contribution is -2.02. The van der Waals surface area contributed by atoms with E-state index in [2.05, 4.69) is 15.0 Å². The Hall–Kier alpha value is -2.37. The summed E-state index contributed by atoms with van der Waals surface area (Å²) >= 11 is 0. The Kier molecular flexibility index (Phi) is 3.34. The van der Waals surface area contributed by atoms with Gasteiger partial charge in [0, 0.05) is 6.20 Å². The third-order valence-electron chi connectivity index (χ3n) is 1.94. The first kappa shape index (κ1) is 11.1. The van der Waals surface area contributed by atoms with Gasteiger partial charge in [0.2, 0.25) is 11.8 Å². The van der Waals surface area contributed by atoms with Crippen LogP contribution in [0.1, 0.15) is 6.92 Å². The maximum Gasteiger partial charge on any atom is 0.249 e. The number of ether oxygens (including phenoxy) is 2. The molecule has 17 heavy (non-hydrogen) atoms. The van der Waals surface area contributed by atoms with E-state index >= 15 is 0 Å². The summed E-state index contributed by atoms with van der Waals surface area (Å²) in [7, 11) is 0. The van der Waals surface area contributed by atoms with Crippen LogP contribution in [0.25, 0.3) is 0 Å². The Morgan fingerprint density at radius 2 is 2.12 bits per heavy atom. The predicted molar refractivity (Wildman–Crippen MR) is 61.9 cm³/mol. The largest absolute Gasteiger partial charge is 0.476 e. The lowest BCUT2D eigenvalue weighted by Gasteiger charge is -2.09. The maximum atomic E-state index is 5.82. The zero-order valence-electron chi connectivity index (χ0n) is 9.33. The summed E-state index contributed by atoms with van der Waals surface area (Å²) in [4.78, 5) is 11.8. The third kappa shape index (κ3) is 2.60. The van der Waals surface area contributed by atoms with Gasteiger partial charge < -0.3 is 15.2 Å². The lowest BCUT2D eigenvalue weighted by molar-refractivity contribution is 0.325. The molecule has 2 aromatic rings. The number of hydrogen-bond acceptors (Lipinski definition) is 6. The zero-order valence-corrected chi connectivity index (χ0v) is 9.33. The maximum absolute atomic E-state index is 5.82. The highest BCUT2D eigenvalue weighted by Gasteiger charge is 2.10. The molecular formula is C11H12N4O2. The van der Waals surface area contributed by atoms with Crippen LogP contribution < -0.4 is 15.2 Å². The quantitative estimate of drug-likeness (QED) is 0.862. The molecule has 0 amide bonds. The second-order valence-electron chi connectivity index (χ2n) is 3.12. The summed E-state index contributed by atoms with van der Waals surface area (Å²) in [5.41, 5.74) is 6.10. The lowest BCUT2D eigenvalue weighted by atomic mass is 10.4. The van der Waals surface area contributed by atoms with Crippen molar-refractivity contribution in [2.24, 2.45) is 0 Å². The van der Waals surface area contributed by atoms with E-state index in [-0.39, 0.29) is 11.6 Å². The SMILES string of the molecule is CCOc1ncnc(Oc2cccnc2)c1N. The van der Waals surface area contributed by atoms with Gasteiger partial charge in [0.1, 0.15) is 12.1 Å². The average molecular weight is 232 g/mol. The van der Waals surface area contributed by atoms with Crippen molar-refractivity contribution in [2.45, 2.75) is 6.92 Å². The first-order valence-corrected chi connectivity index (χ1v) is 5.12. The van der Waals surface area contributed by atoms with Gasteiger partial charge in [-0.15, -0.1) is 0 Å². The van der Waals surface area contributed by atoms with Crippen LogP contribution in [0.2, 0.25) is 0 Å². The minimum Gasteiger partial charge on any atom is -0.476 e. The van der Waals surface area contributed by atoms with Crippen LogP contribution in [0.3, 0.4) is 0 Å². The molecule has 2 aromatic heterocycles. The van der Waals surface area contributed by atoms with Crippen molar-refractivity contribution in [2.75, 3.05) is 12.3 Å². The van der Waals surface area contributed by atoms with Gasteiger partial charge in [-0.2, -0.15) is 9.97 Å². The van der Waals surface area contributed by atoms with Crippen LogP contribution >= 0.6 is 0 Å². The molecule has 0 radical (unpaired) electrons. The number of nitrogen functional groups attached to an aromatic ring is 1. The standard InChI is InChI=1S/C11H12N4O2/c1-2-16-10-9(12)11(15-7-14-10)17-8-4-3-5-13-6-8/h3-7H,2,12H2,1H3. The first-order chi connectivity index (χ1) is 8.31. The number of rotatable bonds is 4. The van der Waals surface area contributed by atoms with Gasteiger partial charge >= 0.3 is 0 Å². The van der Waals surface area contributed by atoms with Crippen LogP contribution in [-0.2, 0) is 0 Å². The molecule has 6 heteroatoms. The van der Waals surface area contributed by atoms with Gasteiger partial charge in [0.25, 0.3) is 0 Å². The first-order valence-electron chi connectivity index (χ1n) is 5.12. The molecule has 2 N–H and O–H groups in total. The molecule has 0 bridgehead atoms. The molecule has 0 fully saturated rings. The fraction of sp³-hybridized carbons (Fsp3) is 0.182. The van der Waals surface area contributed by atoms with Crippen molar-refractivity contribution in [3.8, 4) is 17.5 Å². The molecule has 0 saturated heterocycles. The summed E-state index contributed by atoms with van der Waals surface area (Å²) in [5, 5.41) is 0. The Balaban J connectivity index is 2.24. The van der Waals surface area contributed by atoms with Gasteiger partial charge in [0.05, 0.1) is 12.8 Å². The third-order valence-corrected chi connectivity index (χ3v) is 1.94. The van der Waals surface area contributed by atoms with Gasteiger partial charge in [-0.1, -0.05) is 0 Å². The van der Waals surface area contributed by atoms with Crippen molar-refractivity contribution in [1.82, 2.24) is 15.0 Å². The van der Waals surface area contributed by atoms with Crippen molar-refractivity contribution < 1.29 is 9.47 Å². The summed E-state index contributed by atoms with van der Waals surface area (Å²) in [6.07, 6.45) is 4.57. The fourth-order valence-corrected chi connectivity index (χ4v) is 1.22. The molecule has 0 aliphatic heterocycles. The molecule has 6 nitrogen and oxygen atoms in total. The molecule has 0 saturated carbocycles. The van der Waals surface area contributed by atoms with E-state index in [1.807, 2.05) is 6.92 Å². The van der Waals surface area contributed by atoms with Crippen LogP contribution in [-0.4, -0.2) is 21.6 Å². The Labute approximate surface area is 98.4 Å². The highest BCUT2D eigenvalue weighted by molar-refractivity contribution is 5.56. The van der Waals surface area contributed by atoms with Crippen LogP contribution in [0, 0.1) is 0 Å². The monoisotopic (exact) mass is 232 g/mol. The van der Waals surface area contributed by atoms with Gasteiger partial charge in [-0.05, 0) is 19.1 Å². The van der Waals surface area contributed by atoms with E-state index in [0.29, 0.717) is 18.2 Å². The summed E-state index contributed by atoms with van der Waals surface area (Å²) in [5.74, 6) is 1.14. The molecule has 0 aliphatic carbocycles. The number of pyridine rings is 1. The molecule has 0 atom stereocenters. The van der Waals surface area contributed by atoms with Gasteiger partial charge in [-0.3, -0.25) is 4.98 Å². The minimum atomic E-state index is 0.261. The second-order valence-corrected chi connectivity index (χ2v) is 3.12. The van der Waals surface area contributed by atoms with E-state index in [4.69, 9.17) is 15.2 Å². The average Bonchev–Trinajstić information content (AvgIpc) is 2.36. The highest BCUT2D eigenvalue weighted by atomic mass is 16.5. The van der Waals surface area contributed by atoms with E-state index in [1.54, 1.807) is 24.5 Å². The van der Waals surface area contributed by atoms with Crippen molar-refractivity contribution >= 4 is 5.69 Å². The number of nitrogens with zero attached hydrogens (tertiary/aromatic N) is 3. The number of nitrogens with two attached hydrogens (primary N) is 1. The van der Waals surface area contributed by atoms with E-state index < -0.39 is 0 Å². The molecule has 2 heterocycles. The zero-order chi connectivity index (χ0) is 12.1. The molecule has 0 spiro atoms. The Morgan fingerprint density at radius 1 is 1.29 bits per heavy atom. The van der Waals surface area contributed by atoms with E-state index in [0.717, 1.165) is 0 Å². The van der Waals surface area contributed by atoms with Gasteiger partial charge in [0.15, 0.2) is 5.69 Å². The second kappa shape index (κ2) is 5.11. The molecular weight excluding hydrogens is 220 g/mol. The molecule has 2 rings (SSSR count). The molecule has 0 aliphatic rings. The Bertz CT molecular complexity index is 490. The molecule has 0 aromatic carbocycles. The highest BCUT2D eigenvalue weighted by Crippen LogP contribution is 2.29. The van der Waals surface area contributed by atoms with Crippen molar-refractivity contribution in [3.63, 3.8) is 0 Å². The van der Waals surface area contributed by atoms with Crippen LogP contribution in [0.5, 0.6) is 17.5 Å². The number of hydrogen-bond donors (Lipinski definition) is 1. The molecule has 88 valence electrons. The summed E-state index contributed by atoms with van der Waals surface area (Å²) < 4.78 is 10.7. The smallest absolute Gasteiger partial charge is 0.249 e. The predicted octanol–water partition coefficient (Wildman–Crippen LogP) is 1.64. The molecule has 0 unspecified atom stereocenters. The number of anilines is 1. The summed E-state index contributed by atoms with van der Waals surface area (Å²) in [6.45, 7) is 2.33. The van der Waals surface area contributed by atoms with Crippen LogP contribution in [0.15, 0.2) is 30.9 Å². The van der Waals surface area contributed by atoms with E-state index in [1.165, 1.54) is 6.33 Å². The normalized spacial score (nSPS) is 9.94. The van der Waals surface area contributed by atoms with Gasteiger partial charge in [-0.25, -0.2) is 0 Å². The fourth-order valence-electron chi connectivity index (χ4n) is 1.22. The number of aromatic nitrogens is 3. The summed E-state index contributed by atoms with van der Waals surface area (Å²) in [6, 6.07) is 3.52. The topological polar surface area (TPSA) is 83.2 Å². The van der Waals surface area contributed by atoms with Crippen molar-refractivity contribution in [1.29, 1.82) is 0 Å². The van der Waals surface area contributed by atoms with Crippen LogP contribution in [0.4, 0.5) is 5.69 Å². The van der Waals surface area contributed by atoms with E-state index in [9.17, 15) is 0 Å². The Morgan fingerprint density at radius 3 is 2.82 bits per heavy atom. The van der Waals surface area contributed by atoms with Crippen molar-refractivity contribution in [3.05, 3.63) is 30.9 Å². The minimum absolute atomic E-state index is 0.261.